The molecule has 1 aliphatic carbocycles. The van der Waals surface area contributed by atoms with Crippen LogP contribution in [0.2, 0.25) is 0 Å². The highest BCUT2D eigenvalue weighted by Gasteiger charge is 2.26. The summed E-state index contributed by atoms with van der Waals surface area (Å²) in [5, 5.41) is 7.30. The third-order valence-corrected chi connectivity index (χ3v) is 6.04. The van der Waals surface area contributed by atoms with Crippen LogP contribution in [-0.4, -0.2) is 33.9 Å². The molecule has 172 valence electrons. The van der Waals surface area contributed by atoms with Gasteiger partial charge >= 0.3 is 0 Å². The number of hydrogen-bond donors (Lipinski definition) is 4. The van der Waals surface area contributed by atoms with Crippen molar-refractivity contribution in [2.24, 2.45) is 16.5 Å². The number of aliphatic imine (C=N–C) groups is 1. The fourth-order valence-corrected chi connectivity index (χ4v) is 4.27. The number of nitrogens with one attached hydrogen (secondary N) is 2. The van der Waals surface area contributed by atoms with Crippen LogP contribution in [0.5, 0.6) is 0 Å². The largest absolute Gasteiger partial charge is 0.370 e. The Morgan fingerprint density at radius 2 is 1.85 bits per heavy atom. The molecule has 2 aromatic carbocycles. The maximum atomic E-state index is 13.0. The van der Waals surface area contributed by atoms with Crippen LogP contribution >= 0.6 is 0 Å². The molecule has 1 fully saturated rings. The second kappa shape index (κ2) is 9.85. The summed E-state index contributed by atoms with van der Waals surface area (Å²) in [6.45, 7) is 4.11. The lowest BCUT2D eigenvalue weighted by Crippen LogP contribution is -2.38. The number of amides is 1. The van der Waals surface area contributed by atoms with E-state index in [9.17, 15) is 4.79 Å². The molecule has 1 aliphatic rings. The minimum absolute atomic E-state index is 0.0250. The molecule has 0 bridgehead atoms. The van der Waals surface area contributed by atoms with E-state index in [1.807, 2.05) is 49.4 Å². The van der Waals surface area contributed by atoms with Gasteiger partial charge in [0.05, 0.1) is 17.6 Å². The fourth-order valence-electron chi connectivity index (χ4n) is 4.27. The number of aryl methyl sites for hydroxylation is 2. The van der Waals surface area contributed by atoms with Gasteiger partial charge in [-0.2, -0.15) is 0 Å². The van der Waals surface area contributed by atoms with Gasteiger partial charge in [0.2, 0.25) is 5.82 Å². The highest BCUT2D eigenvalue weighted by atomic mass is 16.2. The molecule has 0 radical (unpaired) electrons. The van der Waals surface area contributed by atoms with Crippen molar-refractivity contribution in [1.29, 1.82) is 0 Å². The average molecular weight is 446 g/mol. The summed E-state index contributed by atoms with van der Waals surface area (Å²) in [5.74, 6) is 0.473. The first-order chi connectivity index (χ1) is 15.9. The zero-order chi connectivity index (χ0) is 23.4. The van der Waals surface area contributed by atoms with Gasteiger partial charge in [-0.1, -0.05) is 43.5 Å². The molecule has 1 saturated carbocycles. The number of nitrogens with zero attached hydrogens (tertiary/aromatic N) is 3. The number of benzene rings is 2. The van der Waals surface area contributed by atoms with Crippen LogP contribution in [0.25, 0.3) is 10.9 Å². The molecule has 1 aromatic heterocycles. The molecule has 3 aromatic rings. The number of nitrogens with two attached hydrogens (primary N) is 2. The molecule has 2 atom stereocenters. The van der Waals surface area contributed by atoms with E-state index in [1.54, 1.807) is 0 Å². The van der Waals surface area contributed by atoms with E-state index in [2.05, 4.69) is 32.5 Å². The third-order valence-electron chi connectivity index (χ3n) is 6.04. The summed E-state index contributed by atoms with van der Waals surface area (Å²) >= 11 is 0. The van der Waals surface area contributed by atoms with E-state index in [0.717, 1.165) is 43.1 Å². The van der Waals surface area contributed by atoms with Crippen LogP contribution in [0.15, 0.2) is 47.5 Å². The Balaban J connectivity index is 1.66. The number of rotatable bonds is 6. The van der Waals surface area contributed by atoms with Gasteiger partial charge in [-0.3, -0.25) is 4.79 Å². The minimum Gasteiger partial charge on any atom is -0.370 e. The molecule has 1 amide bonds. The minimum atomic E-state index is -0.353. The molecule has 33 heavy (non-hydrogen) atoms. The van der Waals surface area contributed by atoms with Gasteiger partial charge in [-0.25, -0.2) is 15.0 Å². The van der Waals surface area contributed by atoms with Crippen molar-refractivity contribution in [3.8, 4) is 0 Å². The van der Waals surface area contributed by atoms with E-state index in [1.165, 1.54) is 5.56 Å². The summed E-state index contributed by atoms with van der Waals surface area (Å²) in [6.07, 6.45) is 4.92. The highest BCUT2D eigenvalue weighted by Crippen LogP contribution is 2.28. The summed E-state index contributed by atoms with van der Waals surface area (Å²) in [7, 11) is 0. The lowest BCUT2D eigenvalue weighted by atomic mass is 9.90. The van der Waals surface area contributed by atoms with Crippen LogP contribution in [0.4, 0.5) is 11.5 Å². The van der Waals surface area contributed by atoms with Gasteiger partial charge in [-0.05, 0) is 56.0 Å². The Morgan fingerprint density at radius 3 is 2.58 bits per heavy atom. The first-order valence-corrected chi connectivity index (χ1v) is 11.5. The van der Waals surface area contributed by atoms with Crippen molar-refractivity contribution in [2.45, 2.75) is 58.0 Å². The number of anilines is 2. The van der Waals surface area contributed by atoms with E-state index in [0.29, 0.717) is 17.0 Å². The Labute approximate surface area is 193 Å². The van der Waals surface area contributed by atoms with Crippen molar-refractivity contribution in [2.75, 3.05) is 10.6 Å². The van der Waals surface area contributed by atoms with Crippen molar-refractivity contribution in [3.63, 3.8) is 0 Å². The number of hydrogen-bond acceptors (Lipinski definition) is 5. The molecule has 6 N–H and O–H groups in total. The molecule has 0 spiro atoms. The smallest absolute Gasteiger partial charge is 0.293 e. The molecular weight excluding hydrogens is 414 g/mol. The molecule has 0 aliphatic heterocycles. The molecule has 2 unspecified atom stereocenters. The van der Waals surface area contributed by atoms with Gasteiger partial charge < -0.3 is 22.1 Å². The van der Waals surface area contributed by atoms with Gasteiger partial charge in [0.25, 0.3) is 5.91 Å². The standard InChI is InChI=1S/C25H31N7O/c1-3-16-9-11-17(12-10-16)28-24(33)23-29-19-13-8-15(2)14-18(19)22(32-23)30-20-6-4-5-7-21(20)31-25(26)27/h8-14,20-21H,3-7H2,1-2H3,(H,28,33)(H4,26,27,31)(H,29,30,32). The SMILES string of the molecule is CCc1ccc(NC(=O)c2nc(NC3CCCCC3N=C(N)N)c3cc(C)ccc3n2)cc1. The van der Waals surface area contributed by atoms with Crippen molar-refractivity contribution in [3.05, 3.63) is 59.4 Å². The predicted octanol–water partition coefficient (Wildman–Crippen LogP) is 3.75. The second-order valence-corrected chi connectivity index (χ2v) is 8.58. The van der Waals surface area contributed by atoms with Gasteiger partial charge in [0, 0.05) is 11.1 Å². The Hall–Kier alpha value is -3.68. The molecule has 8 heteroatoms. The lowest BCUT2D eigenvalue weighted by molar-refractivity contribution is 0.101. The summed E-state index contributed by atoms with van der Waals surface area (Å²) in [4.78, 5) is 26.6. The monoisotopic (exact) mass is 445 g/mol. The van der Waals surface area contributed by atoms with E-state index < -0.39 is 0 Å². The molecule has 8 nitrogen and oxygen atoms in total. The Bertz CT molecular complexity index is 1170. The molecular formula is C25H31N7O. The first kappa shape index (κ1) is 22.5. The van der Waals surface area contributed by atoms with Gasteiger partial charge in [-0.15, -0.1) is 0 Å². The number of carbonyl (C=O) groups is 1. The number of guanidine groups is 1. The van der Waals surface area contributed by atoms with Crippen molar-refractivity contribution in [1.82, 2.24) is 9.97 Å². The second-order valence-electron chi connectivity index (χ2n) is 8.58. The quantitative estimate of drug-likeness (QED) is 0.338. The zero-order valence-corrected chi connectivity index (χ0v) is 19.1. The number of carbonyl (C=O) groups excluding carboxylic acids is 1. The fraction of sp³-hybridized carbons (Fsp3) is 0.360. The van der Waals surface area contributed by atoms with Gasteiger partial charge in [0.15, 0.2) is 5.96 Å². The van der Waals surface area contributed by atoms with Crippen LogP contribution < -0.4 is 22.1 Å². The molecule has 4 rings (SSSR count). The Morgan fingerprint density at radius 1 is 1.09 bits per heavy atom. The van der Waals surface area contributed by atoms with Crippen LogP contribution in [-0.2, 0) is 6.42 Å². The summed E-state index contributed by atoms with van der Waals surface area (Å²) < 4.78 is 0. The maximum Gasteiger partial charge on any atom is 0.293 e. The lowest BCUT2D eigenvalue weighted by Gasteiger charge is -2.30. The van der Waals surface area contributed by atoms with E-state index in [-0.39, 0.29) is 29.8 Å². The molecule has 1 heterocycles. The topological polar surface area (TPSA) is 131 Å². The first-order valence-electron chi connectivity index (χ1n) is 11.5. The van der Waals surface area contributed by atoms with Crippen LogP contribution in [0.1, 0.15) is 54.4 Å². The van der Waals surface area contributed by atoms with E-state index >= 15 is 0 Å². The Kier molecular flexibility index (Phi) is 6.72. The van der Waals surface area contributed by atoms with Crippen LogP contribution in [0.3, 0.4) is 0 Å². The average Bonchev–Trinajstić information content (AvgIpc) is 2.80. The maximum absolute atomic E-state index is 13.0. The third kappa shape index (κ3) is 5.39. The number of aromatic nitrogens is 2. The number of fused-ring (bicyclic) bond motifs is 1. The summed E-state index contributed by atoms with van der Waals surface area (Å²) in [5.41, 5.74) is 15.0. The molecule has 0 saturated heterocycles. The highest BCUT2D eigenvalue weighted by molar-refractivity contribution is 6.04. The van der Waals surface area contributed by atoms with Crippen LogP contribution in [0, 0.1) is 6.92 Å². The zero-order valence-electron chi connectivity index (χ0n) is 19.1. The normalized spacial score (nSPS) is 18.0. The summed E-state index contributed by atoms with van der Waals surface area (Å²) in [6, 6.07) is 13.7. The van der Waals surface area contributed by atoms with E-state index in [4.69, 9.17) is 11.5 Å². The van der Waals surface area contributed by atoms with Crippen molar-refractivity contribution < 1.29 is 4.79 Å². The van der Waals surface area contributed by atoms with Crippen molar-refractivity contribution >= 4 is 34.3 Å². The predicted molar refractivity (Wildman–Crippen MR) is 134 cm³/mol. The van der Waals surface area contributed by atoms with Gasteiger partial charge in [0.1, 0.15) is 5.82 Å².